The lowest BCUT2D eigenvalue weighted by Gasteiger charge is -2.22. The highest BCUT2D eigenvalue weighted by atomic mass is 16.1. The first-order chi connectivity index (χ1) is 7.27. The van der Waals surface area contributed by atoms with E-state index in [0.29, 0.717) is 18.3 Å². The van der Waals surface area contributed by atoms with Gasteiger partial charge in [0.05, 0.1) is 0 Å². The number of imidazole rings is 1. The Labute approximate surface area is 89.7 Å². The molecule has 15 heavy (non-hydrogen) atoms. The topological polar surface area (TPSA) is 46.9 Å². The average molecular weight is 207 g/mol. The van der Waals surface area contributed by atoms with Crippen molar-refractivity contribution in [2.45, 2.75) is 31.7 Å². The Bertz CT molecular complexity index is 339. The fourth-order valence-corrected chi connectivity index (χ4v) is 2.05. The van der Waals surface area contributed by atoms with Crippen LogP contribution in [0.3, 0.4) is 0 Å². The summed E-state index contributed by atoms with van der Waals surface area (Å²) in [6, 6.07) is 0.350. The SMILES string of the molecule is Cn1ccnc1C(=O)CC1CCCCN1. The number of nitrogens with zero attached hydrogens (tertiary/aromatic N) is 2. The maximum absolute atomic E-state index is 11.9. The lowest BCUT2D eigenvalue weighted by atomic mass is 10.00. The molecular weight excluding hydrogens is 190 g/mol. The van der Waals surface area contributed by atoms with E-state index in [4.69, 9.17) is 0 Å². The minimum atomic E-state index is 0.141. The Kier molecular flexibility index (Phi) is 3.16. The molecular formula is C11H17N3O. The quantitative estimate of drug-likeness (QED) is 0.756. The average Bonchev–Trinajstić information content (AvgIpc) is 2.66. The molecule has 1 N–H and O–H groups in total. The Hall–Kier alpha value is -1.16. The molecule has 0 bridgehead atoms. The number of Topliss-reactive ketones (excluding diaryl/α,β-unsaturated/α-hetero) is 1. The summed E-state index contributed by atoms with van der Waals surface area (Å²) in [5.41, 5.74) is 0. The van der Waals surface area contributed by atoms with Gasteiger partial charge in [-0.25, -0.2) is 4.98 Å². The normalized spacial score (nSPS) is 21.5. The second kappa shape index (κ2) is 4.57. The maximum atomic E-state index is 11.9. The van der Waals surface area contributed by atoms with E-state index in [1.54, 1.807) is 10.8 Å². The molecule has 4 nitrogen and oxygen atoms in total. The molecule has 1 aliphatic rings. The zero-order chi connectivity index (χ0) is 10.7. The van der Waals surface area contributed by atoms with Gasteiger partial charge in [0.1, 0.15) is 0 Å². The summed E-state index contributed by atoms with van der Waals surface area (Å²) >= 11 is 0. The van der Waals surface area contributed by atoms with Crippen molar-refractivity contribution in [3.8, 4) is 0 Å². The molecule has 2 rings (SSSR count). The van der Waals surface area contributed by atoms with Crippen LogP contribution in [-0.2, 0) is 7.05 Å². The number of carbonyl (C=O) groups excluding carboxylic acids is 1. The van der Waals surface area contributed by atoms with Crippen molar-refractivity contribution in [1.29, 1.82) is 0 Å². The molecule has 82 valence electrons. The molecule has 1 atom stereocenters. The van der Waals surface area contributed by atoms with Gasteiger partial charge in [0.15, 0.2) is 11.6 Å². The number of aryl methyl sites for hydroxylation is 1. The molecule has 0 aromatic carbocycles. The van der Waals surface area contributed by atoms with Crippen molar-refractivity contribution in [1.82, 2.24) is 14.9 Å². The molecule has 0 radical (unpaired) electrons. The minimum Gasteiger partial charge on any atom is -0.332 e. The van der Waals surface area contributed by atoms with Crippen molar-refractivity contribution in [3.05, 3.63) is 18.2 Å². The van der Waals surface area contributed by atoms with Crippen LogP contribution in [0, 0.1) is 0 Å². The summed E-state index contributed by atoms with van der Waals surface area (Å²) in [6.45, 7) is 1.04. The second-order valence-electron chi connectivity index (χ2n) is 4.14. The van der Waals surface area contributed by atoms with Crippen molar-refractivity contribution < 1.29 is 4.79 Å². The third-order valence-electron chi connectivity index (χ3n) is 2.91. The zero-order valence-electron chi connectivity index (χ0n) is 9.07. The van der Waals surface area contributed by atoms with Gasteiger partial charge < -0.3 is 9.88 Å². The molecule has 1 saturated heterocycles. The highest BCUT2D eigenvalue weighted by Gasteiger charge is 2.19. The highest BCUT2D eigenvalue weighted by molar-refractivity contribution is 5.93. The van der Waals surface area contributed by atoms with Crippen LogP contribution in [0.2, 0.25) is 0 Å². The molecule has 1 aliphatic heterocycles. The van der Waals surface area contributed by atoms with Crippen molar-refractivity contribution >= 4 is 5.78 Å². The fourth-order valence-electron chi connectivity index (χ4n) is 2.05. The van der Waals surface area contributed by atoms with Crippen LogP contribution in [0.4, 0.5) is 0 Å². The van der Waals surface area contributed by atoms with E-state index in [-0.39, 0.29) is 5.78 Å². The zero-order valence-corrected chi connectivity index (χ0v) is 9.07. The first-order valence-electron chi connectivity index (χ1n) is 5.51. The van der Waals surface area contributed by atoms with Crippen LogP contribution in [-0.4, -0.2) is 27.9 Å². The number of nitrogens with one attached hydrogen (secondary N) is 1. The molecule has 1 unspecified atom stereocenters. The summed E-state index contributed by atoms with van der Waals surface area (Å²) in [4.78, 5) is 15.9. The van der Waals surface area contributed by atoms with Gasteiger partial charge in [-0.3, -0.25) is 4.79 Å². The Morgan fingerprint density at radius 1 is 1.67 bits per heavy atom. The molecule has 0 aliphatic carbocycles. The van der Waals surface area contributed by atoms with E-state index in [1.165, 1.54) is 12.8 Å². The number of ketones is 1. The van der Waals surface area contributed by atoms with Crippen molar-refractivity contribution in [2.75, 3.05) is 6.54 Å². The van der Waals surface area contributed by atoms with E-state index in [2.05, 4.69) is 10.3 Å². The number of hydrogen-bond donors (Lipinski definition) is 1. The summed E-state index contributed by atoms with van der Waals surface area (Å²) < 4.78 is 1.78. The Morgan fingerprint density at radius 3 is 3.13 bits per heavy atom. The largest absolute Gasteiger partial charge is 0.332 e. The highest BCUT2D eigenvalue weighted by Crippen LogP contribution is 2.12. The lowest BCUT2D eigenvalue weighted by molar-refractivity contribution is 0.0950. The van der Waals surface area contributed by atoms with Crippen LogP contribution in [0.25, 0.3) is 0 Å². The molecule has 4 heteroatoms. The van der Waals surface area contributed by atoms with Gasteiger partial charge >= 0.3 is 0 Å². The van der Waals surface area contributed by atoms with Gasteiger partial charge in [0.2, 0.25) is 0 Å². The van der Waals surface area contributed by atoms with E-state index in [1.807, 2.05) is 13.2 Å². The molecule has 1 aromatic rings. The van der Waals surface area contributed by atoms with Crippen LogP contribution >= 0.6 is 0 Å². The third-order valence-corrected chi connectivity index (χ3v) is 2.91. The number of piperidine rings is 1. The molecule has 0 saturated carbocycles. The Morgan fingerprint density at radius 2 is 2.53 bits per heavy atom. The van der Waals surface area contributed by atoms with Gasteiger partial charge in [0.25, 0.3) is 0 Å². The number of carbonyl (C=O) groups is 1. The van der Waals surface area contributed by atoms with Gasteiger partial charge in [-0.05, 0) is 19.4 Å². The molecule has 0 amide bonds. The third kappa shape index (κ3) is 2.45. The number of aromatic nitrogens is 2. The molecule has 0 spiro atoms. The van der Waals surface area contributed by atoms with Crippen LogP contribution in [0.15, 0.2) is 12.4 Å². The maximum Gasteiger partial charge on any atom is 0.199 e. The van der Waals surface area contributed by atoms with Gasteiger partial charge in [-0.2, -0.15) is 0 Å². The lowest BCUT2D eigenvalue weighted by Crippen LogP contribution is -2.36. The van der Waals surface area contributed by atoms with Crippen LogP contribution < -0.4 is 5.32 Å². The second-order valence-corrected chi connectivity index (χ2v) is 4.14. The number of rotatable bonds is 3. The van der Waals surface area contributed by atoms with Gasteiger partial charge in [-0.15, -0.1) is 0 Å². The van der Waals surface area contributed by atoms with E-state index >= 15 is 0 Å². The fraction of sp³-hybridized carbons (Fsp3) is 0.636. The summed E-state index contributed by atoms with van der Waals surface area (Å²) in [6.07, 6.45) is 7.61. The predicted molar refractivity (Wildman–Crippen MR) is 57.8 cm³/mol. The van der Waals surface area contributed by atoms with Gasteiger partial charge in [-0.1, -0.05) is 6.42 Å². The van der Waals surface area contributed by atoms with Crippen molar-refractivity contribution in [2.24, 2.45) is 7.05 Å². The molecule has 2 heterocycles. The Balaban J connectivity index is 1.94. The summed E-state index contributed by atoms with van der Waals surface area (Å²) in [7, 11) is 1.86. The first-order valence-corrected chi connectivity index (χ1v) is 5.51. The smallest absolute Gasteiger partial charge is 0.199 e. The van der Waals surface area contributed by atoms with Gasteiger partial charge in [0, 0.05) is 31.9 Å². The van der Waals surface area contributed by atoms with Crippen LogP contribution in [0.5, 0.6) is 0 Å². The van der Waals surface area contributed by atoms with E-state index in [0.717, 1.165) is 13.0 Å². The van der Waals surface area contributed by atoms with E-state index < -0.39 is 0 Å². The number of hydrogen-bond acceptors (Lipinski definition) is 3. The monoisotopic (exact) mass is 207 g/mol. The molecule has 1 fully saturated rings. The predicted octanol–water partition coefficient (Wildman–Crippen LogP) is 1.13. The minimum absolute atomic E-state index is 0.141. The van der Waals surface area contributed by atoms with Crippen LogP contribution in [0.1, 0.15) is 36.3 Å². The van der Waals surface area contributed by atoms with E-state index in [9.17, 15) is 4.79 Å². The van der Waals surface area contributed by atoms with Crippen molar-refractivity contribution in [3.63, 3.8) is 0 Å². The standard InChI is InChI=1S/C11H17N3O/c1-14-7-6-13-11(14)10(15)8-9-4-2-3-5-12-9/h6-7,9,12H,2-5,8H2,1H3. The molecule has 1 aromatic heterocycles. The summed E-state index contributed by atoms with van der Waals surface area (Å²) in [5.74, 6) is 0.712. The summed E-state index contributed by atoms with van der Waals surface area (Å²) in [5, 5.41) is 3.37. The first kappa shape index (κ1) is 10.4.